The molecule has 108 valence electrons. The molecule has 2 aromatic rings. The molecule has 20 heavy (non-hydrogen) atoms. The molecule has 1 heterocycles. The maximum absolute atomic E-state index is 5.93. The van der Waals surface area contributed by atoms with Crippen molar-refractivity contribution in [2.75, 3.05) is 12.9 Å². The molecule has 0 saturated heterocycles. The SMILES string of the molecule is CC(Cn1c(CCCl)nc2ccccc21)N(C)C1CC1. The molecule has 4 heteroatoms. The van der Waals surface area contributed by atoms with Gasteiger partial charge in [-0.05, 0) is 38.9 Å². The van der Waals surface area contributed by atoms with Gasteiger partial charge in [-0.2, -0.15) is 0 Å². The number of benzene rings is 1. The van der Waals surface area contributed by atoms with Crippen molar-refractivity contribution in [1.29, 1.82) is 0 Å². The van der Waals surface area contributed by atoms with Gasteiger partial charge in [0.15, 0.2) is 0 Å². The standard InChI is InChI=1S/C16H22ClN3/c1-12(19(2)13-7-8-13)11-20-15-6-4-3-5-14(15)18-16(20)9-10-17/h3-6,12-13H,7-11H2,1-2H3. The molecule has 1 fully saturated rings. The fraction of sp³-hybridized carbons (Fsp3) is 0.562. The Morgan fingerprint density at radius 1 is 1.40 bits per heavy atom. The van der Waals surface area contributed by atoms with Gasteiger partial charge in [0.05, 0.1) is 11.0 Å². The normalized spacial score (nSPS) is 17.0. The van der Waals surface area contributed by atoms with E-state index >= 15 is 0 Å². The first-order valence-corrected chi connectivity index (χ1v) is 7.96. The number of alkyl halides is 1. The van der Waals surface area contributed by atoms with Gasteiger partial charge in [0.2, 0.25) is 0 Å². The molecule has 0 N–H and O–H groups in total. The highest BCUT2D eigenvalue weighted by Crippen LogP contribution is 2.28. The van der Waals surface area contributed by atoms with E-state index in [1.165, 1.54) is 18.4 Å². The summed E-state index contributed by atoms with van der Waals surface area (Å²) in [6, 6.07) is 9.68. The Bertz CT molecular complexity index is 588. The van der Waals surface area contributed by atoms with E-state index in [9.17, 15) is 0 Å². The van der Waals surface area contributed by atoms with Gasteiger partial charge in [-0.1, -0.05) is 12.1 Å². The van der Waals surface area contributed by atoms with Crippen molar-refractivity contribution in [1.82, 2.24) is 14.5 Å². The van der Waals surface area contributed by atoms with Crippen LogP contribution in [0.15, 0.2) is 24.3 Å². The minimum atomic E-state index is 0.522. The predicted molar refractivity (Wildman–Crippen MR) is 84.4 cm³/mol. The largest absolute Gasteiger partial charge is 0.326 e. The number of nitrogens with zero attached hydrogens (tertiary/aromatic N) is 3. The van der Waals surface area contributed by atoms with E-state index < -0.39 is 0 Å². The first kappa shape index (κ1) is 13.9. The highest BCUT2D eigenvalue weighted by molar-refractivity contribution is 6.17. The Morgan fingerprint density at radius 3 is 2.85 bits per heavy atom. The minimum absolute atomic E-state index is 0.522. The molecular weight excluding hydrogens is 270 g/mol. The van der Waals surface area contributed by atoms with Gasteiger partial charge in [-0.25, -0.2) is 4.98 Å². The predicted octanol–water partition coefficient (Wildman–Crippen LogP) is 3.30. The zero-order valence-electron chi connectivity index (χ0n) is 12.2. The van der Waals surface area contributed by atoms with Crippen molar-refractivity contribution in [3.63, 3.8) is 0 Å². The number of aromatic nitrogens is 2. The van der Waals surface area contributed by atoms with Crippen molar-refractivity contribution < 1.29 is 0 Å². The molecule has 3 nitrogen and oxygen atoms in total. The molecule has 1 aliphatic rings. The Morgan fingerprint density at radius 2 is 2.15 bits per heavy atom. The third kappa shape index (κ3) is 2.70. The van der Waals surface area contributed by atoms with Crippen LogP contribution in [0.2, 0.25) is 0 Å². The highest BCUT2D eigenvalue weighted by atomic mass is 35.5. The summed E-state index contributed by atoms with van der Waals surface area (Å²) in [5, 5.41) is 0. The minimum Gasteiger partial charge on any atom is -0.326 e. The summed E-state index contributed by atoms with van der Waals surface area (Å²) in [6.07, 6.45) is 3.52. The molecule has 0 bridgehead atoms. The average Bonchev–Trinajstić information content (AvgIpc) is 3.24. The maximum atomic E-state index is 5.93. The van der Waals surface area contributed by atoms with Gasteiger partial charge in [-0.15, -0.1) is 11.6 Å². The Balaban J connectivity index is 1.89. The first-order valence-electron chi connectivity index (χ1n) is 7.42. The third-order valence-electron chi connectivity index (χ3n) is 4.32. The van der Waals surface area contributed by atoms with Crippen molar-refractivity contribution >= 4 is 22.6 Å². The van der Waals surface area contributed by atoms with E-state index in [0.717, 1.165) is 30.3 Å². The Hall–Kier alpha value is -1.06. The van der Waals surface area contributed by atoms with E-state index in [4.69, 9.17) is 16.6 Å². The van der Waals surface area contributed by atoms with Crippen molar-refractivity contribution in [2.45, 2.75) is 44.8 Å². The summed E-state index contributed by atoms with van der Waals surface area (Å²) in [5.41, 5.74) is 2.30. The average molecular weight is 292 g/mol. The summed E-state index contributed by atoms with van der Waals surface area (Å²) in [6.45, 7) is 3.29. The van der Waals surface area contributed by atoms with Gasteiger partial charge < -0.3 is 4.57 Å². The van der Waals surface area contributed by atoms with Crippen LogP contribution in [0.4, 0.5) is 0 Å². The van der Waals surface area contributed by atoms with Crippen LogP contribution >= 0.6 is 11.6 Å². The number of hydrogen-bond acceptors (Lipinski definition) is 2. The lowest BCUT2D eigenvalue weighted by molar-refractivity contribution is 0.226. The topological polar surface area (TPSA) is 21.1 Å². The lowest BCUT2D eigenvalue weighted by Gasteiger charge is -2.25. The van der Waals surface area contributed by atoms with Crippen LogP contribution in [0.5, 0.6) is 0 Å². The molecule has 0 aliphatic heterocycles. The summed E-state index contributed by atoms with van der Waals surface area (Å²) >= 11 is 5.93. The zero-order chi connectivity index (χ0) is 14.1. The molecule has 3 rings (SSSR count). The first-order chi connectivity index (χ1) is 9.70. The number of fused-ring (bicyclic) bond motifs is 1. The van der Waals surface area contributed by atoms with E-state index in [1.807, 2.05) is 6.07 Å². The van der Waals surface area contributed by atoms with Crippen LogP contribution < -0.4 is 0 Å². The van der Waals surface area contributed by atoms with Crippen LogP contribution in [-0.2, 0) is 13.0 Å². The molecule has 1 atom stereocenters. The number of rotatable bonds is 6. The molecule has 0 amide bonds. The van der Waals surface area contributed by atoms with Crippen LogP contribution in [0.1, 0.15) is 25.6 Å². The summed E-state index contributed by atoms with van der Waals surface area (Å²) in [4.78, 5) is 7.23. The van der Waals surface area contributed by atoms with Gasteiger partial charge in [-0.3, -0.25) is 4.90 Å². The number of halogens is 1. The van der Waals surface area contributed by atoms with Crippen LogP contribution in [-0.4, -0.2) is 39.5 Å². The molecule has 1 saturated carbocycles. The quantitative estimate of drug-likeness (QED) is 0.762. The van der Waals surface area contributed by atoms with Crippen molar-refractivity contribution in [3.8, 4) is 0 Å². The molecule has 0 spiro atoms. The molecule has 1 aromatic heterocycles. The van der Waals surface area contributed by atoms with Gasteiger partial charge in [0.1, 0.15) is 5.82 Å². The van der Waals surface area contributed by atoms with Crippen LogP contribution in [0, 0.1) is 0 Å². The summed E-state index contributed by atoms with van der Waals surface area (Å²) in [5.74, 6) is 1.73. The molecule has 0 radical (unpaired) electrons. The maximum Gasteiger partial charge on any atom is 0.111 e. The van der Waals surface area contributed by atoms with Gasteiger partial charge >= 0.3 is 0 Å². The van der Waals surface area contributed by atoms with E-state index in [-0.39, 0.29) is 0 Å². The second-order valence-corrected chi connectivity index (χ2v) is 6.19. The fourth-order valence-corrected chi connectivity index (χ4v) is 3.01. The Kier molecular flexibility index (Phi) is 3.99. The molecule has 1 unspecified atom stereocenters. The molecular formula is C16H22ClN3. The number of hydrogen-bond donors (Lipinski definition) is 0. The number of para-hydroxylation sites is 2. The molecule has 1 aromatic carbocycles. The fourth-order valence-electron chi connectivity index (χ4n) is 2.84. The number of aryl methyl sites for hydroxylation is 1. The monoisotopic (exact) mass is 291 g/mol. The van der Waals surface area contributed by atoms with Gasteiger partial charge in [0, 0.05) is 30.9 Å². The zero-order valence-corrected chi connectivity index (χ0v) is 13.0. The van der Waals surface area contributed by atoms with Crippen molar-refractivity contribution in [2.24, 2.45) is 0 Å². The summed E-state index contributed by atoms with van der Waals surface area (Å²) in [7, 11) is 2.24. The number of likely N-dealkylation sites (N-methyl/N-ethyl adjacent to an activating group) is 1. The van der Waals surface area contributed by atoms with Crippen molar-refractivity contribution in [3.05, 3.63) is 30.1 Å². The molecule has 1 aliphatic carbocycles. The van der Waals surface area contributed by atoms with Gasteiger partial charge in [0.25, 0.3) is 0 Å². The number of imidazole rings is 1. The Labute approximate surface area is 125 Å². The highest BCUT2D eigenvalue weighted by Gasteiger charge is 2.29. The van der Waals surface area contributed by atoms with E-state index in [1.54, 1.807) is 0 Å². The summed E-state index contributed by atoms with van der Waals surface area (Å²) < 4.78 is 2.35. The third-order valence-corrected chi connectivity index (χ3v) is 4.51. The van der Waals surface area contributed by atoms with E-state index in [0.29, 0.717) is 11.9 Å². The van der Waals surface area contributed by atoms with Crippen LogP contribution in [0.3, 0.4) is 0 Å². The second-order valence-electron chi connectivity index (χ2n) is 5.81. The lowest BCUT2D eigenvalue weighted by atomic mass is 10.2. The smallest absolute Gasteiger partial charge is 0.111 e. The van der Waals surface area contributed by atoms with Crippen LogP contribution in [0.25, 0.3) is 11.0 Å². The van der Waals surface area contributed by atoms with E-state index in [2.05, 4.69) is 41.6 Å². The lowest BCUT2D eigenvalue weighted by Crippen LogP contribution is -2.34. The second kappa shape index (κ2) is 5.74.